The van der Waals surface area contributed by atoms with Crippen LogP contribution in [0.25, 0.3) is 0 Å². The smallest absolute Gasteiger partial charge is 0.254 e. The van der Waals surface area contributed by atoms with Crippen LogP contribution in [0.4, 0.5) is 4.39 Å². The summed E-state index contributed by atoms with van der Waals surface area (Å²) in [7, 11) is 0. The summed E-state index contributed by atoms with van der Waals surface area (Å²) in [5.74, 6) is -0.910. The van der Waals surface area contributed by atoms with Crippen molar-refractivity contribution in [2.75, 3.05) is 19.6 Å². The monoisotopic (exact) mass is 431 g/mol. The summed E-state index contributed by atoms with van der Waals surface area (Å²) < 4.78 is 14.1. The number of benzene rings is 1. The van der Waals surface area contributed by atoms with Crippen molar-refractivity contribution in [3.05, 3.63) is 35.6 Å². The van der Waals surface area contributed by atoms with E-state index in [1.165, 1.54) is 18.2 Å². The maximum absolute atomic E-state index is 14.1. The molecule has 3 amide bonds. The third kappa shape index (κ3) is 6.05. The van der Waals surface area contributed by atoms with E-state index in [-0.39, 0.29) is 35.1 Å². The summed E-state index contributed by atoms with van der Waals surface area (Å²) in [4.78, 5) is 40.3. The van der Waals surface area contributed by atoms with Gasteiger partial charge in [0.25, 0.3) is 5.91 Å². The quantitative estimate of drug-likeness (QED) is 0.696. The largest absolute Gasteiger partial charge is 0.354 e. The van der Waals surface area contributed by atoms with Crippen molar-refractivity contribution in [1.29, 1.82) is 0 Å². The van der Waals surface area contributed by atoms with Gasteiger partial charge in [-0.3, -0.25) is 14.4 Å². The molecule has 1 saturated heterocycles. The maximum Gasteiger partial charge on any atom is 0.254 e. The second kappa shape index (κ2) is 10.7. The standard InChI is InChI=1S/C24H34FN3O3/c1-16(2)15-26-23(30)21(27-22(29)19-9-5-6-10-20(19)25)17-11-13-28(14-12-17)24(31)18-7-3-4-8-18/h5-6,9-10,16-18,21H,3-4,7-8,11-15H2,1-2H3,(H,26,30)(H,27,29)/t21-/m1/s1. The second-order valence-electron chi connectivity index (χ2n) is 9.21. The average molecular weight is 432 g/mol. The molecule has 2 aliphatic rings. The molecule has 6 nitrogen and oxygen atoms in total. The molecule has 1 heterocycles. The number of halogens is 1. The number of carbonyl (C=O) groups excluding carboxylic acids is 3. The highest BCUT2D eigenvalue weighted by molar-refractivity contribution is 5.97. The minimum absolute atomic E-state index is 0.0713. The van der Waals surface area contributed by atoms with Crippen LogP contribution in [0, 0.1) is 23.6 Å². The van der Waals surface area contributed by atoms with Crippen molar-refractivity contribution in [2.45, 2.75) is 58.4 Å². The summed E-state index contributed by atoms with van der Waals surface area (Å²) in [6.07, 6.45) is 5.45. The Kier molecular flexibility index (Phi) is 8.04. The molecule has 31 heavy (non-hydrogen) atoms. The predicted molar refractivity (Wildman–Crippen MR) is 117 cm³/mol. The number of hydrogen-bond acceptors (Lipinski definition) is 3. The third-order valence-electron chi connectivity index (χ3n) is 6.40. The van der Waals surface area contributed by atoms with E-state index in [1.54, 1.807) is 6.07 Å². The lowest BCUT2D eigenvalue weighted by molar-refractivity contribution is -0.137. The zero-order valence-electron chi connectivity index (χ0n) is 18.5. The van der Waals surface area contributed by atoms with Gasteiger partial charge in [-0.1, -0.05) is 38.8 Å². The Labute approximate surface area is 183 Å². The van der Waals surface area contributed by atoms with Crippen LogP contribution in [-0.2, 0) is 9.59 Å². The maximum atomic E-state index is 14.1. The number of nitrogens with one attached hydrogen (secondary N) is 2. The number of nitrogens with zero attached hydrogens (tertiary/aromatic N) is 1. The van der Waals surface area contributed by atoms with Crippen LogP contribution < -0.4 is 10.6 Å². The van der Waals surface area contributed by atoms with Crippen LogP contribution >= 0.6 is 0 Å². The van der Waals surface area contributed by atoms with Crippen LogP contribution in [0.3, 0.4) is 0 Å². The van der Waals surface area contributed by atoms with E-state index in [2.05, 4.69) is 10.6 Å². The fourth-order valence-electron chi connectivity index (χ4n) is 4.56. The predicted octanol–water partition coefficient (Wildman–Crippen LogP) is 3.13. The van der Waals surface area contributed by atoms with E-state index in [0.717, 1.165) is 25.7 Å². The van der Waals surface area contributed by atoms with Gasteiger partial charge in [-0.05, 0) is 49.7 Å². The first kappa shape index (κ1) is 23.2. The highest BCUT2D eigenvalue weighted by Gasteiger charge is 2.36. The van der Waals surface area contributed by atoms with Gasteiger partial charge in [0, 0.05) is 25.6 Å². The molecular formula is C24H34FN3O3. The molecule has 1 saturated carbocycles. The number of likely N-dealkylation sites (tertiary alicyclic amines) is 1. The molecule has 3 rings (SSSR count). The Morgan fingerprint density at radius 3 is 2.32 bits per heavy atom. The minimum atomic E-state index is -0.755. The Bertz CT molecular complexity index is 784. The van der Waals surface area contributed by atoms with Crippen LogP contribution in [-0.4, -0.2) is 48.3 Å². The van der Waals surface area contributed by atoms with Crippen molar-refractivity contribution in [2.24, 2.45) is 17.8 Å². The van der Waals surface area contributed by atoms with Crippen molar-refractivity contribution in [3.8, 4) is 0 Å². The van der Waals surface area contributed by atoms with Gasteiger partial charge in [-0.2, -0.15) is 0 Å². The molecule has 1 aliphatic carbocycles. The fraction of sp³-hybridized carbons (Fsp3) is 0.625. The number of piperidine rings is 1. The third-order valence-corrected chi connectivity index (χ3v) is 6.40. The highest BCUT2D eigenvalue weighted by Crippen LogP contribution is 2.29. The summed E-state index contributed by atoms with van der Waals surface area (Å²) >= 11 is 0. The minimum Gasteiger partial charge on any atom is -0.354 e. The van der Waals surface area contributed by atoms with Gasteiger partial charge in [-0.15, -0.1) is 0 Å². The first-order valence-electron chi connectivity index (χ1n) is 11.5. The summed E-state index contributed by atoms with van der Waals surface area (Å²) in [6.45, 7) is 5.68. The zero-order valence-corrected chi connectivity index (χ0v) is 18.5. The Hall–Kier alpha value is -2.44. The van der Waals surface area contributed by atoms with Crippen LogP contribution in [0.5, 0.6) is 0 Å². The molecule has 0 unspecified atom stereocenters. The van der Waals surface area contributed by atoms with Gasteiger partial charge in [0.15, 0.2) is 0 Å². The van der Waals surface area contributed by atoms with E-state index >= 15 is 0 Å². The Morgan fingerprint density at radius 2 is 1.71 bits per heavy atom. The molecular weight excluding hydrogens is 397 g/mol. The molecule has 1 atom stereocenters. The Morgan fingerprint density at radius 1 is 1.06 bits per heavy atom. The van der Waals surface area contributed by atoms with Gasteiger partial charge in [0.1, 0.15) is 11.9 Å². The Balaban J connectivity index is 1.66. The SMILES string of the molecule is CC(C)CNC(=O)[C@H](NC(=O)c1ccccc1F)C1CCN(C(=O)C2CCCC2)CC1. The van der Waals surface area contributed by atoms with Crippen molar-refractivity contribution >= 4 is 17.7 Å². The molecule has 2 N–H and O–H groups in total. The number of amides is 3. The number of hydrogen-bond donors (Lipinski definition) is 2. The second-order valence-corrected chi connectivity index (χ2v) is 9.21. The average Bonchev–Trinajstić information content (AvgIpc) is 3.30. The van der Waals surface area contributed by atoms with Gasteiger partial charge in [-0.25, -0.2) is 4.39 Å². The molecule has 170 valence electrons. The molecule has 0 spiro atoms. The van der Waals surface area contributed by atoms with E-state index < -0.39 is 17.8 Å². The molecule has 1 aromatic carbocycles. The van der Waals surface area contributed by atoms with E-state index in [0.29, 0.717) is 32.5 Å². The molecule has 1 aromatic rings. The fourth-order valence-corrected chi connectivity index (χ4v) is 4.56. The lowest BCUT2D eigenvalue weighted by Crippen LogP contribution is -2.54. The van der Waals surface area contributed by atoms with Gasteiger partial charge < -0.3 is 15.5 Å². The van der Waals surface area contributed by atoms with E-state index in [4.69, 9.17) is 0 Å². The molecule has 0 aromatic heterocycles. The molecule has 1 aliphatic heterocycles. The molecule has 0 bridgehead atoms. The lowest BCUT2D eigenvalue weighted by atomic mass is 9.87. The van der Waals surface area contributed by atoms with Crippen LogP contribution in [0.15, 0.2) is 24.3 Å². The van der Waals surface area contributed by atoms with Crippen molar-refractivity contribution in [1.82, 2.24) is 15.5 Å². The van der Waals surface area contributed by atoms with Crippen molar-refractivity contribution in [3.63, 3.8) is 0 Å². The van der Waals surface area contributed by atoms with E-state index in [9.17, 15) is 18.8 Å². The highest BCUT2D eigenvalue weighted by atomic mass is 19.1. The molecule has 7 heteroatoms. The lowest BCUT2D eigenvalue weighted by Gasteiger charge is -2.37. The van der Waals surface area contributed by atoms with Gasteiger partial charge >= 0.3 is 0 Å². The summed E-state index contributed by atoms with van der Waals surface area (Å²) in [5.41, 5.74) is -0.0713. The zero-order chi connectivity index (χ0) is 22.4. The van der Waals surface area contributed by atoms with Crippen molar-refractivity contribution < 1.29 is 18.8 Å². The van der Waals surface area contributed by atoms with Gasteiger partial charge in [0.05, 0.1) is 5.56 Å². The number of carbonyl (C=O) groups is 3. The van der Waals surface area contributed by atoms with Crippen LogP contribution in [0.1, 0.15) is 62.7 Å². The number of rotatable bonds is 7. The summed E-state index contributed by atoms with van der Waals surface area (Å²) in [5, 5.41) is 5.67. The molecule has 0 radical (unpaired) electrons. The van der Waals surface area contributed by atoms with E-state index in [1.807, 2.05) is 18.7 Å². The summed E-state index contributed by atoms with van der Waals surface area (Å²) in [6, 6.07) is 5.01. The first-order valence-corrected chi connectivity index (χ1v) is 11.5. The van der Waals surface area contributed by atoms with Gasteiger partial charge in [0.2, 0.25) is 11.8 Å². The molecule has 2 fully saturated rings. The normalized spacial score (nSPS) is 18.8. The topological polar surface area (TPSA) is 78.5 Å². The van der Waals surface area contributed by atoms with Crippen LogP contribution in [0.2, 0.25) is 0 Å². The first-order chi connectivity index (χ1) is 14.9.